The average molecular weight is 663 g/mol. The number of anilines is 2. The van der Waals surface area contributed by atoms with Crippen molar-refractivity contribution in [2.75, 3.05) is 11.5 Å². The van der Waals surface area contributed by atoms with E-state index in [0.29, 0.717) is 16.9 Å². The number of phenols is 1. The van der Waals surface area contributed by atoms with Crippen molar-refractivity contribution in [2.45, 2.75) is 16.2 Å². The van der Waals surface area contributed by atoms with E-state index in [0.717, 1.165) is 30.3 Å². The normalized spacial score (nSPS) is 11.6. The molecule has 10 N–H and O–H groups in total. The number of nitrogens with zero attached hydrogens (tertiary/aromatic N) is 2. The van der Waals surface area contributed by atoms with Gasteiger partial charge in [-0.05, 0) is 71.6 Å². The molecule has 19 heteroatoms. The maximum atomic E-state index is 11.1. The van der Waals surface area contributed by atoms with Gasteiger partial charge in [0.05, 0.1) is 39.5 Å². The van der Waals surface area contributed by atoms with Crippen LogP contribution in [0.25, 0.3) is 10.8 Å². The lowest BCUT2D eigenvalue weighted by Gasteiger charge is -2.09. The zero-order valence-corrected chi connectivity index (χ0v) is 24.0. The highest BCUT2D eigenvalue weighted by Gasteiger charge is 2.21. The van der Waals surface area contributed by atoms with Gasteiger partial charge in [-0.15, -0.1) is 0 Å². The Kier molecular flexibility index (Phi) is 9.73. The van der Waals surface area contributed by atoms with E-state index in [9.17, 15) is 36.3 Å². The number of azo groups is 1. The Balaban J connectivity index is 0.000000251. The quantitative estimate of drug-likeness (QED) is 0.0580. The van der Waals surface area contributed by atoms with Crippen molar-refractivity contribution in [2.24, 2.45) is 10.2 Å². The van der Waals surface area contributed by atoms with E-state index in [1.54, 1.807) is 0 Å². The molecule has 0 heterocycles. The van der Waals surface area contributed by atoms with Gasteiger partial charge in [0, 0.05) is 11.1 Å². The molecule has 0 aromatic heterocycles. The third-order valence-electron chi connectivity index (χ3n) is 5.82. The minimum absolute atomic E-state index is 0.0283. The maximum absolute atomic E-state index is 11.1. The molecule has 4 aromatic carbocycles. The molecule has 0 aliphatic rings. The number of fused-ring (bicyclic) bond motifs is 1. The van der Waals surface area contributed by atoms with Crippen LogP contribution < -0.4 is 11.5 Å². The van der Waals surface area contributed by atoms with Gasteiger partial charge < -0.3 is 31.9 Å². The molecular formula is C26H22N4O13S2. The zero-order valence-electron chi connectivity index (χ0n) is 22.4. The largest absolute Gasteiger partial charge is 0.505 e. The van der Waals surface area contributed by atoms with E-state index in [4.69, 9.17) is 35.9 Å². The molecule has 4 rings (SSSR count). The molecule has 0 saturated heterocycles. The average Bonchev–Trinajstić information content (AvgIpc) is 2.94. The van der Waals surface area contributed by atoms with Crippen LogP contribution in [0.2, 0.25) is 0 Å². The highest BCUT2D eigenvalue weighted by Crippen LogP contribution is 2.37. The molecule has 0 bridgehead atoms. The molecule has 0 aliphatic carbocycles. The van der Waals surface area contributed by atoms with Gasteiger partial charge in [-0.25, -0.2) is 9.59 Å². The van der Waals surface area contributed by atoms with E-state index in [1.165, 1.54) is 30.3 Å². The Hall–Kier alpha value is -5.63. The number of aromatic carboxylic acids is 2. The zero-order chi connectivity index (χ0) is 33.9. The Labute approximate surface area is 253 Å². The van der Waals surface area contributed by atoms with Crippen LogP contribution in [0.15, 0.2) is 80.7 Å². The number of nitrogens with two attached hydrogens (primary N) is 2. The minimum Gasteiger partial charge on any atom is -0.505 e. The molecule has 236 valence electrons. The Bertz CT molecular complexity index is 2080. The molecule has 45 heavy (non-hydrogen) atoms. The molecule has 0 saturated carbocycles. The number of hydrogen-bond acceptors (Lipinski definition) is 12. The van der Waals surface area contributed by atoms with Crippen LogP contribution in [0.5, 0.6) is 5.75 Å². The predicted molar refractivity (Wildman–Crippen MR) is 156 cm³/mol. The number of phenolic OH excluding ortho intramolecular Hbond substituents is 1. The summed E-state index contributed by atoms with van der Waals surface area (Å²) in [4.78, 5) is 31.7. The lowest BCUT2D eigenvalue weighted by molar-refractivity contribution is -0.136. The molecule has 0 fully saturated rings. The molecule has 0 aliphatic heterocycles. The molecular weight excluding hydrogens is 640 g/mol. The van der Waals surface area contributed by atoms with E-state index in [-0.39, 0.29) is 34.0 Å². The molecule has 17 nitrogen and oxygen atoms in total. The van der Waals surface area contributed by atoms with E-state index in [1.807, 2.05) is 0 Å². The van der Waals surface area contributed by atoms with Crippen molar-refractivity contribution in [3.63, 3.8) is 0 Å². The van der Waals surface area contributed by atoms with Crippen LogP contribution in [0.1, 0.15) is 26.3 Å². The van der Waals surface area contributed by atoms with Gasteiger partial charge in [0.2, 0.25) is 0 Å². The second kappa shape index (κ2) is 12.9. The smallest absolute Gasteiger partial charge is 0.335 e. The van der Waals surface area contributed by atoms with Crippen molar-refractivity contribution in [3.05, 3.63) is 77.4 Å². The SMILES string of the molecule is Nc1c(S(=O)(=O)O)cc2cc(S(=O)(=O)O)ccc2c1O.Nc1ccc(N=Nc2cc(C(=O)O)cc(C(=O)O)c2)cc1CC(=O)O. The molecule has 4 aromatic rings. The summed E-state index contributed by atoms with van der Waals surface area (Å²) in [5.41, 5.74) is 11.0. The van der Waals surface area contributed by atoms with Crippen molar-refractivity contribution in [3.8, 4) is 5.75 Å². The van der Waals surface area contributed by atoms with Crippen LogP contribution in [0, 0.1) is 0 Å². The molecule has 0 amide bonds. The maximum Gasteiger partial charge on any atom is 0.335 e. The Morgan fingerprint density at radius 2 is 1.29 bits per heavy atom. The number of carbonyl (C=O) groups is 3. The molecule has 0 unspecified atom stereocenters. The Morgan fingerprint density at radius 3 is 1.80 bits per heavy atom. The summed E-state index contributed by atoms with van der Waals surface area (Å²) in [7, 11) is -9.18. The number of hydrogen-bond donors (Lipinski definition) is 8. The first-order valence-corrected chi connectivity index (χ1v) is 14.8. The van der Waals surface area contributed by atoms with E-state index < -0.39 is 59.4 Å². The topological polar surface area (TPSA) is 318 Å². The van der Waals surface area contributed by atoms with Gasteiger partial charge in [0.25, 0.3) is 20.2 Å². The van der Waals surface area contributed by atoms with Gasteiger partial charge in [-0.3, -0.25) is 13.9 Å². The van der Waals surface area contributed by atoms with Crippen LogP contribution in [-0.4, -0.2) is 64.3 Å². The van der Waals surface area contributed by atoms with Crippen molar-refractivity contribution >= 4 is 71.7 Å². The van der Waals surface area contributed by atoms with Gasteiger partial charge in [-0.1, -0.05) is 0 Å². The van der Waals surface area contributed by atoms with Gasteiger partial charge in [0.15, 0.2) is 0 Å². The summed E-state index contributed by atoms with van der Waals surface area (Å²) in [5.74, 6) is -4.26. The fraction of sp³-hybridized carbons (Fsp3) is 0.0385. The standard InChI is InChI=1S/C16H13N3O6.C10H9NO7S2/c17-13-2-1-11(4-8(13)7-14(20)21)18-19-12-5-9(15(22)23)3-10(6-12)16(24)25;11-9-8(20(16,17)18)4-5-3-6(19(13,14)15)1-2-7(5)10(9)12/h1-6H,7,17H2,(H,20,21)(H,22,23)(H,24,25);1-4,12H,11H2,(H,13,14,15)(H,16,17,18). The van der Waals surface area contributed by atoms with Crippen LogP contribution >= 0.6 is 0 Å². The number of carboxylic acid groups (broad SMARTS) is 3. The highest BCUT2D eigenvalue weighted by molar-refractivity contribution is 7.86. The number of carboxylic acids is 3. The van der Waals surface area contributed by atoms with Crippen molar-refractivity contribution < 1.29 is 60.8 Å². The molecule has 0 atom stereocenters. The first kappa shape index (κ1) is 33.9. The van der Waals surface area contributed by atoms with Gasteiger partial charge >= 0.3 is 17.9 Å². The summed E-state index contributed by atoms with van der Waals surface area (Å²) in [6, 6.07) is 11.8. The van der Waals surface area contributed by atoms with E-state index >= 15 is 0 Å². The number of aliphatic carboxylic acids is 1. The van der Waals surface area contributed by atoms with Crippen molar-refractivity contribution in [1.29, 1.82) is 0 Å². The Morgan fingerprint density at radius 1 is 0.711 bits per heavy atom. The van der Waals surface area contributed by atoms with Crippen LogP contribution in [-0.2, 0) is 31.5 Å². The number of nitrogen functional groups attached to an aromatic ring is 2. The summed E-state index contributed by atoms with van der Waals surface area (Å²) in [6.45, 7) is 0. The first-order valence-electron chi connectivity index (χ1n) is 11.9. The lowest BCUT2D eigenvalue weighted by Crippen LogP contribution is -2.04. The van der Waals surface area contributed by atoms with Gasteiger partial charge in [-0.2, -0.15) is 27.1 Å². The monoisotopic (exact) mass is 662 g/mol. The third-order valence-corrected chi connectivity index (χ3v) is 7.57. The summed E-state index contributed by atoms with van der Waals surface area (Å²) in [5, 5.41) is 44.4. The fourth-order valence-electron chi connectivity index (χ4n) is 3.73. The second-order valence-electron chi connectivity index (χ2n) is 9.00. The molecule has 0 radical (unpaired) electrons. The summed E-state index contributed by atoms with van der Waals surface area (Å²) < 4.78 is 62.2. The number of benzene rings is 4. The van der Waals surface area contributed by atoms with Gasteiger partial charge in [0.1, 0.15) is 10.6 Å². The number of aromatic hydroxyl groups is 1. The number of rotatable bonds is 8. The summed E-state index contributed by atoms with van der Waals surface area (Å²) >= 11 is 0. The lowest BCUT2D eigenvalue weighted by atomic mass is 10.1. The van der Waals surface area contributed by atoms with E-state index in [2.05, 4.69) is 10.2 Å². The second-order valence-corrected chi connectivity index (χ2v) is 11.8. The third kappa shape index (κ3) is 8.48. The molecule has 0 spiro atoms. The first-order chi connectivity index (χ1) is 20.8. The predicted octanol–water partition coefficient (Wildman–Crippen LogP) is 3.33. The highest BCUT2D eigenvalue weighted by atomic mass is 32.2. The fourth-order valence-corrected chi connectivity index (χ4v) is 4.90. The minimum atomic E-state index is -4.69. The summed E-state index contributed by atoms with van der Waals surface area (Å²) in [6.07, 6.45) is -0.285. The van der Waals surface area contributed by atoms with Crippen molar-refractivity contribution in [1.82, 2.24) is 0 Å². The van der Waals surface area contributed by atoms with Crippen LogP contribution in [0.4, 0.5) is 22.7 Å². The van der Waals surface area contributed by atoms with Crippen LogP contribution in [0.3, 0.4) is 0 Å².